The molecule has 1 aliphatic heterocycles. The maximum atomic E-state index is 15.2. The van der Waals surface area contributed by atoms with E-state index in [0.29, 0.717) is 18.4 Å². The Balaban J connectivity index is 1.51. The fourth-order valence-electron chi connectivity index (χ4n) is 5.57. The minimum atomic E-state index is -0.318. The van der Waals surface area contributed by atoms with Gasteiger partial charge in [0.2, 0.25) is 0 Å². The number of allylic oxidation sites excluding steroid dienone is 1. The number of anilines is 1. The molecule has 1 fully saturated rings. The van der Waals surface area contributed by atoms with Crippen LogP contribution in [0.25, 0.3) is 11.1 Å². The van der Waals surface area contributed by atoms with Crippen LogP contribution in [0.4, 0.5) is 14.5 Å². The zero-order valence-corrected chi connectivity index (χ0v) is 22.0. The predicted octanol–water partition coefficient (Wildman–Crippen LogP) is 7.48. The van der Waals surface area contributed by atoms with Crippen molar-refractivity contribution in [1.29, 1.82) is 0 Å². The Hall–Kier alpha value is -2.89. The van der Waals surface area contributed by atoms with Crippen LogP contribution in [0.1, 0.15) is 53.5 Å². The number of hydrogen-bond acceptors (Lipinski definition) is 3. The number of ether oxygens (including phenoxy) is 1. The van der Waals surface area contributed by atoms with Crippen LogP contribution in [0, 0.1) is 12.7 Å². The van der Waals surface area contributed by atoms with E-state index in [4.69, 9.17) is 22.1 Å². The van der Waals surface area contributed by atoms with E-state index in [1.54, 1.807) is 6.07 Å². The SMILES string of the molecule is Cc1cc(C2=C(c3ccc(O[C@H]4CCN(CCCF)C4)cc3)c3ccc(N)c(F)c3CCC2)ccc1Cl. The molecule has 0 aromatic heterocycles. The molecule has 37 heavy (non-hydrogen) atoms. The summed E-state index contributed by atoms with van der Waals surface area (Å²) in [6.45, 7) is 4.25. The summed E-state index contributed by atoms with van der Waals surface area (Å²) in [4.78, 5) is 2.26. The van der Waals surface area contributed by atoms with Gasteiger partial charge < -0.3 is 10.5 Å². The van der Waals surface area contributed by atoms with Crippen molar-refractivity contribution in [2.24, 2.45) is 0 Å². The summed E-state index contributed by atoms with van der Waals surface area (Å²) in [5.41, 5.74) is 13.0. The molecular weight excluding hydrogens is 490 g/mol. The highest BCUT2D eigenvalue weighted by atomic mass is 35.5. The average Bonchev–Trinajstić information content (AvgIpc) is 3.25. The minimum absolute atomic E-state index is 0.105. The molecule has 1 atom stereocenters. The van der Waals surface area contributed by atoms with E-state index in [1.807, 2.05) is 31.2 Å². The number of nitrogens with two attached hydrogens (primary N) is 1. The molecule has 6 heteroatoms. The molecule has 2 aliphatic rings. The van der Waals surface area contributed by atoms with Crippen LogP contribution < -0.4 is 10.5 Å². The smallest absolute Gasteiger partial charge is 0.149 e. The van der Waals surface area contributed by atoms with Gasteiger partial charge in [-0.25, -0.2) is 4.39 Å². The normalized spacial score (nSPS) is 18.1. The number of fused-ring (bicyclic) bond motifs is 1. The van der Waals surface area contributed by atoms with Gasteiger partial charge in [0.05, 0.1) is 12.4 Å². The number of nitrogen functional groups attached to an aromatic ring is 1. The van der Waals surface area contributed by atoms with Gasteiger partial charge >= 0.3 is 0 Å². The fourth-order valence-corrected chi connectivity index (χ4v) is 5.69. The van der Waals surface area contributed by atoms with Gasteiger partial charge in [-0.1, -0.05) is 41.9 Å². The van der Waals surface area contributed by atoms with E-state index in [2.05, 4.69) is 29.2 Å². The number of rotatable bonds is 7. The average molecular weight is 523 g/mol. The van der Waals surface area contributed by atoms with Gasteiger partial charge in [-0.3, -0.25) is 9.29 Å². The van der Waals surface area contributed by atoms with Crippen molar-refractivity contribution >= 4 is 28.4 Å². The summed E-state index contributed by atoms with van der Waals surface area (Å²) in [5.74, 6) is 0.491. The lowest BCUT2D eigenvalue weighted by Crippen LogP contribution is -2.26. The lowest BCUT2D eigenvalue weighted by atomic mass is 9.87. The summed E-state index contributed by atoms with van der Waals surface area (Å²) >= 11 is 6.33. The lowest BCUT2D eigenvalue weighted by molar-refractivity contribution is 0.198. The van der Waals surface area contributed by atoms with Crippen molar-refractivity contribution in [3.8, 4) is 5.75 Å². The number of alkyl halides is 1. The first-order valence-electron chi connectivity index (χ1n) is 13.1. The third kappa shape index (κ3) is 5.53. The number of aryl methyl sites for hydroxylation is 1. The van der Waals surface area contributed by atoms with Crippen molar-refractivity contribution < 1.29 is 13.5 Å². The molecule has 2 N–H and O–H groups in total. The van der Waals surface area contributed by atoms with Crippen LogP contribution in [-0.4, -0.2) is 37.3 Å². The van der Waals surface area contributed by atoms with Gasteiger partial charge in [0, 0.05) is 24.7 Å². The topological polar surface area (TPSA) is 38.5 Å². The van der Waals surface area contributed by atoms with Crippen LogP contribution in [0.5, 0.6) is 5.75 Å². The highest BCUT2D eigenvalue weighted by Gasteiger charge is 2.25. The number of hydrogen-bond donors (Lipinski definition) is 1. The summed E-state index contributed by atoms with van der Waals surface area (Å²) in [7, 11) is 0. The highest BCUT2D eigenvalue weighted by molar-refractivity contribution is 6.31. The molecular formula is C31H33ClF2N2O. The molecule has 5 rings (SSSR count). The van der Waals surface area contributed by atoms with Crippen LogP contribution in [0.3, 0.4) is 0 Å². The third-order valence-corrected chi connectivity index (χ3v) is 7.91. The Labute approximate surface area is 222 Å². The van der Waals surface area contributed by atoms with Crippen molar-refractivity contribution in [1.82, 2.24) is 4.90 Å². The molecule has 0 bridgehead atoms. The molecule has 0 saturated carbocycles. The zero-order valence-electron chi connectivity index (χ0n) is 21.2. The minimum Gasteiger partial charge on any atom is -0.489 e. The van der Waals surface area contributed by atoms with Crippen LogP contribution >= 0.6 is 11.6 Å². The maximum Gasteiger partial charge on any atom is 0.149 e. The van der Waals surface area contributed by atoms with Crippen LogP contribution in [0.15, 0.2) is 54.6 Å². The molecule has 0 amide bonds. The van der Waals surface area contributed by atoms with Gasteiger partial charge in [-0.15, -0.1) is 0 Å². The van der Waals surface area contributed by atoms with Crippen molar-refractivity contribution in [2.75, 3.05) is 32.0 Å². The second-order valence-electron chi connectivity index (χ2n) is 10.1. The first-order valence-corrected chi connectivity index (χ1v) is 13.4. The van der Waals surface area contributed by atoms with Crippen LogP contribution in [-0.2, 0) is 6.42 Å². The molecule has 1 heterocycles. The number of nitrogens with zero attached hydrogens (tertiary/aromatic N) is 1. The summed E-state index contributed by atoms with van der Waals surface area (Å²) in [6.07, 6.45) is 3.89. The molecule has 3 aromatic rings. The van der Waals surface area contributed by atoms with Gasteiger partial charge in [-0.05, 0) is 102 Å². The van der Waals surface area contributed by atoms with E-state index in [9.17, 15) is 4.39 Å². The predicted molar refractivity (Wildman–Crippen MR) is 148 cm³/mol. The molecule has 1 aliphatic carbocycles. The Kier molecular flexibility index (Phi) is 7.82. The molecule has 0 unspecified atom stereocenters. The molecule has 3 aromatic carbocycles. The van der Waals surface area contributed by atoms with Crippen molar-refractivity contribution in [3.63, 3.8) is 0 Å². The van der Waals surface area contributed by atoms with Gasteiger partial charge in [0.1, 0.15) is 17.7 Å². The monoisotopic (exact) mass is 522 g/mol. The Morgan fingerprint density at radius 2 is 1.84 bits per heavy atom. The molecule has 194 valence electrons. The Morgan fingerprint density at radius 3 is 2.59 bits per heavy atom. The summed E-state index contributed by atoms with van der Waals surface area (Å²) in [5, 5.41) is 0.732. The lowest BCUT2D eigenvalue weighted by Gasteiger charge is -2.19. The van der Waals surface area contributed by atoms with E-state index >= 15 is 4.39 Å². The number of likely N-dealkylation sites (tertiary alicyclic amines) is 1. The molecule has 0 radical (unpaired) electrons. The van der Waals surface area contributed by atoms with E-state index in [-0.39, 0.29) is 24.3 Å². The Bertz CT molecular complexity index is 1310. The molecule has 3 nitrogen and oxygen atoms in total. The first kappa shape index (κ1) is 25.7. The van der Waals surface area contributed by atoms with E-state index in [1.165, 1.54) is 5.57 Å². The van der Waals surface area contributed by atoms with Gasteiger partial charge in [-0.2, -0.15) is 0 Å². The molecule has 1 saturated heterocycles. The van der Waals surface area contributed by atoms with E-state index in [0.717, 1.165) is 77.5 Å². The number of benzene rings is 3. The van der Waals surface area contributed by atoms with Gasteiger partial charge in [0.15, 0.2) is 0 Å². The number of halogens is 3. The second kappa shape index (κ2) is 11.2. The maximum absolute atomic E-state index is 15.2. The van der Waals surface area contributed by atoms with E-state index < -0.39 is 0 Å². The standard InChI is InChI=1S/C31H33ClF2N2O/c1-20-18-22(8-12-28(20)32)25-4-2-5-27-26(11-13-29(35)31(27)34)30(25)21-6-9-23(10-7-21)37-24-14-17-36(19-24)16-3-15-33/h6-13,18,24H,2-5,14-17,19,35H2,1H3/t24-/m0/s1. The van der Waals surface area contributed by atoms with Crippen LogP contribution in [0.2, 0.25) is 5.02 Å². The second-order valence-corrected chi connectivity index (χ2v) is 10.5. The quantitative estimate of drug-likeness (QED) is 0.327. The van der Waals surface area contributed by atoms with Gasteiger partial charge in [0.25, 0.3) is 0 Å². The fraction of sp³-hybridized carbons (Fsp3) is 0.355. The largest absolute Gasteiger partial charge is 0.489 e. The van der Waals surface area contributed by atoms with Crippen molar-refractivity contribution in [2.45, 2.75) is 45.1 Å². The third-order valence-electron chi connectivity index (χ3n) is 7.49. The highest BCUT2D eigenvalue weighted by Crippen LogP contribution is 2.42. The zero-order chi connectivity index (χ0) is 25.9. The first-order chi connectivity index (χ1) is 17.9. The summed E-state index contributed by atoms with van der Waals surface area (Å²) in [6, 6.07) is 17.8. The summed E-state index contributed by atoms with van der Waals surface area (Å²) < 4.78 is 34.0. The Morgan fingerprint density at radius 1 is 1.05 bits per heavy atom. The van der Waals surface area contributed by atoms with Crippen molar-refractivity contribution in [3.05, 3.63) is 93.3 Å². The molecule has 0 spiro atoms.